The number of piperidine rings is 1. The first-order valence-corrected chi connectivity index (χ1v) is 9.30. The molecule has 2 aromatic heterocycles. The average molecular weight is 364 g/mol. The molecular formula is C21H24N4O2. The zero-order valence-electron chi connectivity index (χ0n) is 15.4. The van der Waals surface area contributed by atoms with Crippen molar-refractivity contribution >= 4 is 17.3 Å². The minimum Gasteiger partial charge on any atom is -0.481 e. The molecule has 3 aromatic rings. The number of carboxylic acids is 1. The van der Waals surface area contributed by atoms with Gasteiger partial charge in [-0.25, -0.2) is 4.98 Å². The van der Waals surface area contributed by atoms with E-state index in [0.29, 0.717) is 18.8 Å². The Kier molecular flexibility index (Phi) is 4.58. The van der Waals surface area contributed by atoms with Crippen LogP contribution in [-0.2, 0) is 11.3 Å². The third-order valence-corrected chi connectivity index (χ3v) is 5.29. The van der Waals surface area contributed by atoms with E-state index in [1.807, 2.05) is 22.7 Å². The number of nitrogens with zero attached hydrogens (tertiary/aromatic N) is 3. The molecule has 1 aromatic carbocycles. The first-order valence-electron chi connectivity index (χ1n) is 9.30. The third-order valence-electron chi connectivity index (χ3n) is 5.29. The second-order valence-electron chi connectivity index (χ2n) is 7.38. The number of anilines is 1. The number of nitrogens with two attached hydrogens (primary N) is 1. The molecule has 0 saturated carbocycles. The Morgan fingerprint density at radius 3 is 2.78 bits per heavy atom. The van der Waals surface area contributed by atoms with Crippen molar-refractivity contribution in [2.45, 2.75) is 26.3 Å². The minimum atomic E-state index is -0.708. The van der Waals surface area contributed by atoms with Crippen molar-refractivity contribution in [2.75, 3.05) is 18.8 Å². The van der Waals surface area contributed by atoms with Gasteiger partial charge in [-0.05, 0) is 38.4 Å². The second kappa shape index (κ2) is 7.04. The largest absolute Gasteiger partial charge is 0.481 e. The maximum atomic E-state index is 11.4. The molecule has 140 valence electrons. The van der Waals surface area contributed by atoms with Gasteiger partial charge in [0.2, 0.25) is 0 Å². The number of rotatable bonds is 4. The summed E-state index contributed by atoms with van der Waals surface area (Å²) in [6.07, 6.45) is 3.54. The number of likely N-dealkylation sites (tertiary alicyclic amines) is 1. The molecule has 6 nitrogen and oxygen atoms in total. The van der Waals surface area contributed by atoms with Gasteiger partial charge in [-0.1, -0.05) is 29.8 Å². The van der Waals surface area contributed by atoms with Gasteiger partial charge in [0, 0.05) is 30.5 Å². The van der Waals surface area contributed by atoms with Crippen LogP contribution < -0.4 is 5.73 Å². The number of carbonyl (C=O) groups is 1. The lowest BCUT2D eigenvalue weighted by Gasteiger charge is -2.30. The Morgan fingerprint density at radius 2 is 2.04 bits per heavy atom. The molecule has 1 atom stereocenters. The number of nitrogen functional groups attached to an aromatic ring is 1. The van der Waals surface area contributed by atoms with Gasteiger partial charge in [-0.3, -0.25) is 9.69 Å². The van der Waals surface area contributed by atoms with Crippen molar-refractivity contribution < 1.29 is 9.90 Å². The van der Waals surface area contributed by atoms with Crippen LogP contribution in [0.25, 0.3) is 16.9 Å². The number of carboxylic acid groups (broad SMARTS) is 1. The summed E-state index contributed by atoms with van der Waals surface area (Å²) in [6.45, 7) is 4.18. The van der Waals surface area contributed by atoms with Gasteiger partial charge in [0.05, 0.1) is 17.3 Å². The van der Waals surface area contributed by atoms with Crippen LogP contribution in [0.1, 0.15) is 24.1 Å². The highest BCUT2D eigenvalue weighted by molar-refractivity contribution is 5.70. The highest BCUT2D eigenvalue weighted by Gasteiger charge is 2.27. The standard InChI is InChI=1S/C21H24N4O2/c1-14-4-6-15(7-5-14)20-18(25-12-17(22)8-9-19(25)23-20)13-24-10-2-3-16(11-24)21(26)27/h4-9,12,16H,2-3,10-11,13,22H2,1H3,(H,26,27). The summed E-state index contributed by atoms with van der Waals surface area (Å²) >= 11 is 0. The van der Waals surface area contributed by atoms with Gasteiger partial charge < -0.3 is 15.2 Å². The van der Waals surface area contributed by atoms with E-state index in [2.05, 4.69) is 36.1 Å². The maximum Gasteiger partial charge on any atom is 0.307 e. The van der Waals surface area contributed by atoms with Crippen LogP contribution in [0.4, 0.5) is 5.69 Å². The molecule has 1 aliphatic rings. The Balaban J connectivity index is 1.75. The molecule has 0 amide bonds. The highest BCUT2D eigenvalue weighted by Crippen LogP contribution is 2.28. The van der Waals surface area contributed by atoms with Crippen LogP contribution in [0.3, 0.4) is 0 Å². The van der Waals surface area contributed by atoms with Crippen molar-refractivity contribution in [3.05, 3.63) is 53.9 Å². The SMILES string of the molecule is Cc1ccc(-c2nc3ccc(N)cn3c2CN2CCCC(C(=O)O)C2)cc1. The van der Waals surface area contributed by atoms with Crippen molar-refractivity contribution in [2.24, 2.45) is 5.92 Å². The van der Waals surface area contributed by atoms with E-state index in [0.717, 1.165) is 42.0 Å². The second-order valence-corrected chi connectivity index (χ2v) is 7.38. The quantitative estimate of drug-likeness (QED) is 0.743. The van der Waals surface area contributed by atoms with Gasteiger partial charge >= 0.3 is 5.97 Å². The van der Waals surface area contributed by atoms with E-state index in [1.165, 1.54) is 5.56 Å². The summed E-state index contributed by atoms with van der Waals surface area (Å²) in [5, 5.41) is 9.39. The number of hydrogen-bond acceptors (Lipinski definition) is 4. The van der Waals surface area contributed by atoms with E-state index >= 15 is 0 Å². The molecule has 1 saturated heterocycles. The van der Waals surface area contributed by atoms with Gasteiger partial charge in [0.15, 0.2) is 0 Å². The molecule has 4 rings (SSSR count). The number of aromatic nitrogens is 2. The summed E-state index contributed by atoms with van der Waals surface area (Å²) in [5.74, 6) is -1.01. The number of aryl methyl sites for hydroxylation is 1. The summed E-state index contributed by atoms with van der Waals surface area (Å²) in [7, 11) is 0. The molecule has 3 heterocycles. The molecule has 1 aliphatic heterocycles. The van der Waals surface area contributed by atoms with Crippen LogP contribution in [0.5, 0.6) is 0 Å². The van der Waals surface area contributed by atoms with Crippen molar-refractivity contribution in [1.29, 1.82) is 0 Å². The molecule has 6 heteroatoms. The molecule has 1 unspecified atom stereocenters. The van der Waals surface area contributed by atoms with Gasteiger partial charge in [0.1, 0.15) is 5.65 Å². The van der Waals surface area contributed by atoms with E-state index in [1.54, 1.807) is 0 Å². The number of pyridine rings is 1. The predicted molar refractivity (Wildman–Crippen MR) is 105 cm³/mol. The normalized spacial score (nSPS) is 18.0. The van der Waals surface area contributed by atoms with Crippen molar-refractivity contribution in [3.63, 3.8) is 0 Å². The van der Waals surface area contributed by atoms with E-state index < -0.39 is 5.97 Å². The fourth-order valence-corrected chi connectivity index (χ4v) is 3.82. The molecule has 0 radical (unpaired) electrons. The van der Waals surface area contributed by atoms with E-state index in [9.17, 15) is 9.90 Å². The lowest BCUT2D eigenvalue weighted by Crippen LogP contribution is -2.38. The smallest absolute Gasteiger partial charge is 0.307 e. The number of aliphatic carboxylic acids is 1. The molecular weight excluding hydrogens is 340 g/mol. The zero-order valence-corrected chi connectivity index (χ0v) is 15.4. The summed E-state index contributed by atoms with van der Waals surface area (Å²) in [5.41, 5.74) is 11.8. The molecule has 0 bridgehead atoms. The Hall–Kier alpha value is -2.86. The molecule has 3 N–H and O–H groups in total. The predicted octanol–water partition coefficient (Wildman–Crippen LogP) is 3.19. The zero-order chi connectivity index (χ0) is 19.0. The van der Waals surface area contributed by atoms with Crippen LogP contribution in [-0.4, -0.2) is 38.4 Å². The average Bonchev–Trinajstić information content (AvgIpc) is 3.00. The lowest BCUT2D eigenvalue weighted by atomic mass is 9.98. The summed E-state index contributed by atoms with van der Waals surface area (Å²) in [6, 6.07) is 12.1. The van der Waals surface area contributed by atoms with Crippen LogP contribution in [0.15, 0.2) is 42.6 Å². The number of hydrogen-bond donors (Lipinski definition) is 2. The van der Waals surface area contributed by atoms with Crippen LogP contribution in [0, 0.1) is 12.8 Å². The fraction of sp³-hybridized carbons (Fsp3) is 0.333. The number of benzene rings is 1. The first kappa shape index (κ1) is 17.5. The monoisotopic (exact) mass is 364 g/mol. The summed E-state index contributed by atoms with van der Waals surface area (Å²) < 4.78 is 2.04. The Bertz CT molecular complexity index is 978. The highest BCUT2D eigenvalue weighted by atomic mass is 16.4. The molecule has 0 aliphatic carbocycles. The number of fused-ring (bicyclic) bond motifs is 1. The molecule has 27 heavy (non-hydrogen) atoms. The molecule has 0 spiro atoms. The first-order chi connectivity index (χ1) is 13.0. The molecule has 1 fully saturated rings. The topological polar surface area (TPSA) is 83.9 Å². The summed E-state index contributed by atoms with van der Waals surface area (Å²) in [4.78, 5) is 18.5. The third kappa shape index (κ3) is 3.53. The fourth-order valence-electron chi connectivity index (χ4n) is 3.82. The maximum absolute atomic E-state index is 11.4. The van der Waals surface area contributed by atoms with Crippen molar-refractivity contribution in [3.8, 4) is 11.3 Å². The van der Waals surface area contributed by atoms with E-state index in [-0.39, 0.29) is 5.92 Å². The Morgan fingerprint density at radius 1 is 1.26 bits per heavy atom. The minimum absolute atomic E-state index is 0.300. The van der Waals surface area contributed by atoms with Crippen LogP contribution >= 0.6 is 0 Å². The number of imidazole rings is 1. The van der Waals surface area contributed by atoms with Crippen molar-refractivity contribution in [1.82, 2.24) is 14.3 Å². The van der Waals surface area contributed by atoms with E-state index in [4.69, 9.17) is 10.7 Å². The lowest BCUT2D eigenvalue weighted by molar-refractivity contribution is -0.143. The van der Waals surface area contributed by atoms with Gasteiger partial charge in [-0.2, -0.15) is 0 Å². The van der Waals surface area contributed by atoms with Gasteiger partial charge in [0.25, 0.3) is 0 Å². The van der Waals surface area contributed by atoms with Crippen LogP contribution in [0.2, 0.25) is 0 Å². The Labute approximate surface area is 158 Å². The van der Waals surface area contributed by atoms with Gasteiger partial charge in [-0.15, -0.1) is 0 Å².